The fraction of sp³-hybridized carbons (Fsp3) is 0.684. The predicted molar refractivity (Wildman–Crippen MR) is 94.8 cm³/mol. The first kappa shape index (κ1) is 17.1. The summed E-state index contributed by atoms with van der Waals surface area (Å²) >= 11 is 0. The van der Waals surface area contributed by atoms with Gasteiger partial charge in [-0.3, -0.25) is 0 Å². The van der Waals surface area contributed by atoms with Crippen molar-refractivity contribution in [3.8, 4) is 5.75 Å². The van der Waals surface area contributed by atoms with E-state index in [1.807, 2.05) is 0 Å². The number of benzene rings is 1. The molecular weight excluding hydrogens is 272 g/mol. The molecule has 0 saturated carbocycles. The third-order valence-electron chi connectivity index (χ3n) is 4.25. The van der Waals surface area contributed by atoms with Crippen LogP contribution in [-0.4, -0.2) is 26.2 Å². The molecule has 0 atom stereocenters. The van der Waals surface area contributed by atoms with Crippen LogP contribution in [0, 0.1) is 5.92 Å². The van der Waals surface area contributed by atoms with Crippen LogP contribution in [0.25, 0.3) is 0 Å². The molecule has 0 radical (unpaired) electrons. The average Bonchev–Trinajstić information content (AvgIpc) is 2.53. The highest BCUT2D eigenvalue weighted by atomic mass is 16.5. The third kappa shape index (κ3) is 5.20. The van der Waals surface area contributed by atoms with Gasteiger partial charge in [0.05, 0.1) is 12.3 Å². The van der Waals surface area contributed by atoms with E-state index in [0.717, 1.165) is 44.5 Å². The van der Waals surface area contributed by atoms with Gasteiger partial charge in [-0.25, -0.2) is 0 Å². The average molecular weight is 304 g/mol. The third-order valence-corrected chi connectivity index (χ3v) is 4.25. The van der Waals surface area contributed by atoms with Crippen molar-refractivity contribution >= 4 is 5.69 Å². The van der Waals surface area contributed by atoms with E-state index >= 15 is 0 Å². The van der Waals surface area contributed by atoms with Crippen LogP contribution in [-0.2, 0) is 6.54 Å². The Labute approximate surface area is 136 Å². The first-order valence-electron chi connectivity index (χ1n) is 8.92. The highest BCUT2D eigenvalue weighted by molar-refractivity contribution is 5.60. The van der Waals surface area contributed by atoms with E-state index < -0.39 is 0 Å². The summed E-state index contributed by atoms with van der Waals surface area (Å²) in [7, 11) is 0. The van der Waals surface area contributed by atoms with Crippen molar-refractivity contribution in [2.45, 2.75) is 53.0 Å². The molecule has 0 amide bonds. The molecule has 0 unspecified atom stereocenters. The van der Waals surface area contributed by atoms with E-state index in [9.17, 15) is 0 Å². The lowest BCUT2D eigenvalue weighted by Gasteiger charge is -2.30. The topological polar surface area (TPSA) is 24.5 Å². The normalized spacial score (nSPS) is 15.4. The van der Waals surface area contributed by atoms with Gasteiger partial charge in [-0.05, 0) is 62.8 Å². The molecule has 3 heteroatoms. The van der Waals surface area contributed by atoms with Crippen molar-refractivity contribution in [2.75, 3.05) is 31.1 Å². The molecule has 1 heterocycles. The molecule has 1 aliphatic rings. The van der Waals surface area contributed by atoms with Gasteiger partial charge in [0.2, 0.25) is 0 Å². The van der Waals surface area contributed by atoms with Gasteiger partial charge in [0.25, 0.3) is 0 Å². The maximum absolute atomic E-state index is 5.91. The van der Waals surface area contributed by atoms with Gasteiger partial charge in [-0.2, -0.15) is 0 Å². The molecule has 3 nitrogen and oxygen atoms in total. The Bertz CT molecular complexity index is 439. The van der Waals surface area contributed by atoms with Crippen LogP contribution in [0.15, 0.2) is 18.2 Å². The molecule has 2 rings (SSSR count). The summed E-state index contributed by atoms with van der Waals surface area (Å²) in [6.45, 7) is 11.6. The number of rotatable bonds is 8. The summed E-state index contributed by atoms with van der Waals surface area (Å²) in [4.78, 5) is 2.48. The first-order valence-corrected chi connectivity index (χ1v) is 8.92. The van der Waals surface area contributed by atoms with E-state index in [0.29, 0.717) is 0 Å². The van der Waals surface area contributed by atoms with E-state index in [1.54, 1.807) is 0 Å². The molecule has 1 fully saturated rings. The van der Waals surface area contributed by atoms with E-state index in [-0.39, 0.29) is 0 Å². The maximum atomic E-state index is 5.91. The van der Waals surface area contributed by atoms with Crippen LogP contribution in [0.1, 0.15) is 52.0 Å². The zero-order chi connectivity index (χ0) is 15.8. The predicted octanol–water partition coefficient (Wildman–Crippen LogP) is 4.21. The quantitative estimate of drug-likeness (QED) is 0.728. The summed E-state index contributed by atoms with van der Waals surface area (Å²) in [6, 6.07) is 6.71. The SMILES string of the molecule is CCOc1cc(CNCCC(C)C)ccc1N1CCCCC1. The number of ether oxygens (including phenoxy) is 1. The number of anilines is 1. The number of nitrogens with one attached hydrogen (secondary N) is 1. The van der Waals surface area contributed by atoms with Crippen LogP contribution in [0.3, 0.4) is 0 Å². The van der Waals surface area contributed by atoms with Gasteiger partial charge < -0.3 is 15.0 Å². The van der Waals surface area contributed by atoms with Crippen molar-refractivity contribution in [2.24, 2.45) is 5.92 Å². The summed E-state index contributed by atoms with van der Waals surface area (Å²) in [5, 5.41) is 3.53. The van der Waals surface area contributed by atoms with Gasteiger partial charge in [0.15, 0.2) is 0 Å². The van der Waals surface area contributed by atoms with Crippen LogP contribution in [0.4, 0.5) is 5.69 Å². The zero-order valence-corrected chi connectivity index (χ0v) is 14.5. The Hall–Kier alpha value is -1.22. The van der Waals surface area contributed by atoms with E-state index in [2.05, 4.69) is 49.2 Å². The van der Waals surface area contributed by atoms with Crippen LogP contribution in [0.2, 0.25) is 0 Å². The summed E-state index contributed by atoms with van der Waals surface area (Å²) < 4.78 is 5.91. The van der Waals surface area contributed by atoms with Crippen molar-refractivity contribution in [1.29, 1.82) is 0 Å². The van der Waals surface area contributed by atoms with Crippen molar-refractivity contribution in [3.63, 3.8) is 0 Å². The standard InChI is InChI=1S/C19H32N2O/c1-4-22-19-14-17(15-20-11-10-16(2)3)8-9-18(19)21-12-6-5-7-13-21/h8-9,14,16,20H,4-7,10-13,15H2,1-3H3. The summed E-state index contributed by atoms with van der Waals surface area (Å²) in [5.74, 6) is 1.81. The summed E-state index contributed by atoms with van der Waals surface area (Å²) in [6.07, 6.45) is 5.18. The van der Waals surface area contributed by atoms with Crippen LogP contribution >= 0.6 is 0 Å². The molecule has 1 saturated heterocycles. The molecule has 0 spiro atoms. The Morgan fingerprint density at radius 2 is 1.95 bits per heavy atom. The Kier molecular flexibility index (Phi) is 7.04. The fourth-order valence-electron chi connectivity index (χ4n) is 2.96. The van der Waals surface area contributed by atoms with E-state index in [1.165, 1.54) is 36.9 Å². The number of hydrogen-bond acceptors (Lipinski definition) is 3. The minimum absolute atomic E-state index is 0.727. The molecule has 22 heavy (non-hydrogen) atoms. The van der Waals surface area contributed by atoms with Crippen molar-refractivity contribution in [3.05, 3.63) is 23.8 Å². The highest BCUT2D eigenvalue weighted by Crippen LogP contribution is 2.31. The Morgan fingerprint density at radius 1 is 1.18 bits per heavy atom. The molecular formula is C19H32N2O. The second-order valence-corrected chi connectivity index (χ2v) is 6.64. The zero-order valence-electron chi connectivity index (χ0n) is 14.5. The highest BCUT2D eigenvalue weighted by Gasteiger charge is 2.15. The minimum Gasteiger partial charge on any atom is -0.492 e. The lowest BCUT2D eigenvalue weighted by molar-refractivity contribution is 0.339. The largest absolute Gasteiger partial charge is 0.492 e. The molecule has 124 valence electrons. The molecule has 1 aliphatic heterocycles. The van der Waals surface area contributed by atoms with Gasteiger partial charge in [-0.15, -0.1) is 0 Å². The number of piperidine rings is 1. The van der Waals surface area contributed by atoms with Gasteiger partial charge in [0.1, 0.15) is 5.75 Å². The molecule has 0 aromatic heterocycles. The monoisotopic (exact) mass is 304 g/mol. The lowest BCUT2D eigenvalue weighted by atomic mass is 10.1. The van der Waals surface area contributed by atoms with Crippen molar-refractivity contribution in [1.82, 2.24) is 5.32 Å². The van der Waals surface area contributed by atoms with Gasteiger partial charge >= 0.3 is 0 Å². The number of hydrogen-bond donors (Lipinski definition) is 1. The van der Waals surface area contributed by atoms with Gasteiger partial charge in [-0.1, -0.05) is 19.9 Å². The Morgan fingerprint density at radius 3 is 2.64 bits per heavy atom. The summed E-state index contributed by atoms with van der Waals surface area (Å²) in [5.41, 5.74) is 2.58. The smallest absolute Gasteiger partial charge is 0.142 e. The van der Waals surface area contributed by atoms with Gasteiger partial charge in [0, 0.05) is 19.6 Å². The Balaban J connectivity index is 1.99. The van der Waals surface area contributed by atoms with Crippen LogP contribution in [0.5, 0.6) is 5.75 Å². The second kappa shape index (κ2) is 9.04. The molecule has 1 aromatic carbocycles. The molecule has 0 bridgehead atoms. The first-order chi connectivity index (χ1) is 10.7. The fourth-order valence-corrected chi connectivity index (χ4v) is 2.96. The minimum atomic E-state index is 0.727. The lowest BCUT2D eigenvalue weighted by Crippen LogP contribution is -2.29. The second-order valence-electron chi connectivity index (χ2n) is 6.64. The molecule has 1 N–H and O–H groups in total. The number of nitrogens with zero attached hydrogens (tertiary/aromatic N) is 1. The van der Waals surface area contributed by atoms with E-state index in [4.69, 9.17) is 4.74 Å². The van der Waals surface area contributed by atoms with Crippen LogP contribution < -0.4 is 15.0 Å². The van der Waals surface area contributed by atoms with Crippen molar-refractivity contribution < 1.29 is 4.74 Å². The molecule has 1 aromatic rings. The maximum Gasteiger partial charge on any atom is 0.142 e. The molecule has 0 aliphatic carbocycles.